The average Bonchev–Trinajstić information content (AvgIpc) is 2.48. The SMILES string of the molecule is CC(Nc1ccc2cc(Br)ccc2c1)c1ccccn1. The molecule has 0 aliphatic rings. The van der Waals surface area contributed by atoms with Crippen molar-refractivity contribution >= 4 is 32.4 Å². The molecule has 3 rings (SSSR count). The minimum absolute atomic E-state index is 0.184. The first-order chi connectivity index (χ1) is 9.72. The second-order valence-electron chi connectivity index (χ2n) is 4.83. The number of anilines is 1. The Kier molecular flexibility index (Phi) is 3.70. The maximum Gasteiger partial charge on any atom is 0.0657 e. The van der Waals surface area contributed by atoms with Gasteiger partial charge in [0.05, 0.1) is 11.7 Å². The normalized spacial score (nSPS) is 12.3. The molecule has 0 aliphatic heterocycles. The first-order valence-corrected chi connectivity index (χ1v) is 7.38. The summed E-state index contributed by atoms with van der Waals surface area (Å²) in [7, 11) is 0. The van der Waals surface area contributed by atoms with Crippen LogP contribution in [0.15, 0.2) is 65.3 Å². The number of nitrogens with one attached hydrogen (secondary N) is 1. The zero-order valence-corrected chi connectivity index (χ0v) is 12.8. The Morgan fingerprint density at radius 2 is 1.80 bits per heavy atom. The predicted molar refractivity (Wildman–Crippen MR) is 87.9 cm³/mol. The van der Waals surface area contributed by atoms with Crippen LogP contribution in [0.5, 0.6) is 0 Å². The third-order valence-corrected chi connectivity index (χ3v) is 3.81. The highest BCUT2D eigenvalue weighted by Crippen LogP contribution is 2.25. The zero-order chi connectivity index (χ0) is 13.9. The lowest BCUT2D eigenvalue weighted by molar-refractivity contribution is 0.840. The second kappa shape index (κ2) is 5.63. The number of nitrogens with zero attached hydrogens (tertiary/aromatic N) is 1. The van der Waals surface area contributed by atoms with E-state index in [2.05, 4.69) is 69.6 Å². The van der Waals surface area contributed by atoms with Gasteiger partial charge in [-0.25, -0.2) is 0 Å². The summed E-state index contributed by atoms with van der Waals surface area (Å²) >= 11 is 3.50. The molecule has 1 unspecified atom stereocenters. The molecule has 1 aromatic heterocycles. The number of pyridine rings is 1. The van der Waals surface area contributed by atoms with Crippen LogP contribution in [0.4, 0.5) is 5.69 Å². The van der Waals surface area contributed by atoms with Gasteiger partial charge in [-0.1, -0.05) is 34.1 Å². The maximum absolute atomic E-state index is 4.38. The van der Waals surface area contributed by atoms with Crippen molar-refractivity contribution in [3.8, 4) is 0 Å². The van der Waals surface area contributed by atoms with Gasteiger partial charge >= 0.3 is 0 Å². The van der Waals surface area contributed by atoms with Crippen molar-refractivity contribution in [3.05, 3.63) is 71.0 Å². The van der Waals surface area contributed by atoms with Crippen molar-refractivity contribution in [1.29, 1.82) is 0 Å². The van der Waals surface area contributed by atoms with Crippen LogP contribution in [0.2, 0.25) is 0 Å². The summed E-state index contributed by atoms with van der Waals surface area (Å²) in [5.41, 5.74) is 2.15. The Labute approximate surface area is 127 Å². The fourth-order valence-corrected chi connectivity index (χ4v) is 2.64. The second-order valence-corrected chi connectivity index (χ2v) is 5.74. The Morgan fingerprint density at radius 3 is 2.60 bits per heavy atom. The van der Waals surface area contributed by atoms with E-state index in [1.807, 2.05) is 24.4 Å². The zero-order valence-electron chi connectivity index (χ0n) is 11.2. The Bertz CT molecular complexity index is 725. The third kappa shape index (κ3) is 2.83. The fraction of sp³-hybridized carbons (Fsp3) is 0.118. The Morgan fingerprint density at radius 1 is 1.00 bits per heavy atom. The van der Waals surface area contributed by atoms with Crippen LogP contribution in [0.1, 0.15) is 18.7 Å². The van der Waals surface area contributed by atoms with Gasteiger partial charge in [-0.2, -0.15) is 0 Å². The van der Waals surface area contributed by atoms with Crippen molar-refractivity contribution in [1.82, 2.24) is 4.98 Å². The summed E-state index contributed by atoms with van der Waals surface area (Å²) in [4.78, 5) is 4.38. The summed E-state index contributed by atoms with van der Waals surface area (Å²) < 4.78 is 1.10. The summed E-state index contributed by atoms with van der Waals surface area (Å²) in [6, 6.07) is 18.9. The quantitative estimate of drug-likeness (QED) is 0.718. The van der Waals surface area contributed by atoms with E-state index in [1.54, 1.807) is 0 Å². The van der Waals surface area contributed by atoms with E-state index in [4.69, 9.17) is 0 Å². The van der Waals surface area contributed by atoms with Crippen LogP contribution in [0, 0.1) is 0 Å². The fourth-order valence-electron chi connectivity index (χ4n) is 2.26. The first-order valence-electron chi connectivity index (χ1n) is 6.59. The summed E-state index contributed by atoms with van der Waals surface area (Å²) in [6.07, 6.45) is 1.82. The van der Waals surface area contributed by atoms with Gasteiger partial charge < -0.3 is 5.32 Å². The number of hydrogen-bond donors (Lipinski definition) is 1. The molecule has 1 heterocycles. The first kappa shape index (κ1) is 13.1. The molecule has 2 nitrogen and oxygen atoms in total. The van der Waals surface area contributed by atoms with E-state index in [0.29, 0.717) is 0 Å². The number of benzene rings is 2. The molecule has 0 saturated heterocycles. The van der Waals surface area contributed by atoms with E-state index < -0.39 is 0 Å². The highest BCUT2D eigenvalue weighted by atomic mass is 79.9. The van der Waals surface area contributed by atoms with Crippen LogP contribution < -0.4 is 5.32 Å². The molecule has 1 atom stereocenters. The van der Waals surface area contributed by atoms with Crippen molar-refractivity contribution in [2.75, 3.05) is 5.32 Å². The highest BCUT2D eigenvalue weighted by molar-refractivity contribution is 9.10. The molecule has 0 saturated carbocycles. The molecule has 3 aromatic rings. The van der Waals surface area contributed by atoms with Crippen molar-refractivity contribution in [3.63, 3.8) is 0 Å². The molecule has 0 fully saturated rings. The lowest BCUT2D eigenvalue weighted by atomic mass is 10.1. The molecular weight excluding hydrogens is 312 g/mol. The Hall–Kier alpha value is -1.87. The van der Waals surface area contributed by atoms with Crippen LogP contribution in [-0.2, 0) is 0 Å². The smallest absolute Gasteiger partial charge is 0.0657 e. The van der Waals surface area contributed by atoms with Gasteiger partial charge in [0, 0.05) is 16.4 Å². The number of rotatable bonds is 3. The Balaban J connectivity index is 1.86. The van der Waals surface area contributed by atoms with E-state index in [-0.39, 0.29) is 6.04 Å². The van der Waals surface area contributed by atoms with Gasteiger partial charge in [-0.15, -0.1) is 0 Å². The molecule has 0 bridgehead atoms. The number of hydrogen-bond acceptors (Lipinski definition) is 2. The minimum atomic E-state index is 0.184. The van der Waals surface area contributed by atoms with Crippen LogP contribution in [0.25, 0.3) is 10.8 Å². The lowest BCUT2D eigenvalue weighted by Gasteiger charge is -2.15. The van der Waals surface area contributed by atoms with Crippen LogP contribution >= 0.6 is 15.9 Å². The highest BCUT2D eigenvalue weighted by Gasteiger charge is 2.06. The van der Waals surface area contributed by atoms with Gasteiger partial charge in [0.15, 0.2) is 0 Å². The molecule has 0 spiro atoms. The van der Waals surface area contributed by atoms with Gasteiger partial charge in [0.25, 0.3) is 0 Å². The van der Waals surface area contributed by atoms with E-state index in [0.717, 1.165) is 15.9 Å². The lowest BCUT2D eigenvalue weighted by Crippen LogP contribution is -2.07. The monoisotopic (exact) mass is 326 g/mol. The van der Waals surface area contributed by atoms with Crippen LogP contribution in [0.3, 0.4) is 0 Å². The molecule has 100 valence electrons. The number of fused-ring (bicyclic) bond motifs is 1. The maximum atomic E-state index is 4.38. The van der Waals surface area contributed by atoms with Crippen molar-refractivity contribution in [2.45, 2.75) is 13.0 Å². The molecule has 0 aliphatic carbocycles. The van der Waals surface area contributed by atoms with Gasteiger partial charge in [0.1, 0.15) is 0 Å². The van der Waals surface area contributed by atoms with Crippen LogP contribution in [-0.4, -0.2) is 4.98 Å². The molecule has 0 radical (unpaired) electrons. The van der Waals surface area contributed by atoms with E-state index in [9.17, 15) is 0 Å². The molecule has 20 heavy (non-hydrogen) atoms. The van der Waals surface area contributed by atoms with Gasteiger partial charge in [0.2, 0.25) is 0 Å². The van der Waals surface area contributed by atoms with E-state index in [1.165, 1.54) is 10.8 Å². The molecular formula is C17H15BrN2. The van der Waals surface area contributed by atoms with Crippen molar-refractivity contribution in [2.24, 2.45) is 0 Å². The van der Waals surface area contributed by atoms with Crippen molar-refractivity contribution < 1.29 is 0 Å². The summed E-state index contributed by atoms with van der Waals surface area (Å²) in [5, 5.41) is 5.95. The molecule has 2 aromatic carbocycles. The molecule has 3 heteroatoms. The summed E-state index contributed by atoms with van der Waals surface area (Å²) in [5.74, 6) is 0. The number of halogens is 1. The molecule has 0 amide bonds. The van der Waals surface area contributed by atoms with E-state index >= 15 is 0 Å². The van der Waals surface area contributed by atoms with Gasteiger partial charge in [-0.3, -0.25) is 4.98 Å². The predicted octanol–water partition coefficient (Wildman–Crippen LogP) is 5.17. The average molecular weight is 327 g/mol. The van der Waals surface area contributed by atoms with Gasteiger partial charge in [-0.05, 0) is 54.1 Å². The standard InChI is InChI=1S/C17H15BrN2/c1-12(17-4-2-3-9-19-17)20-16-8-6-13-10-15(18)7-5-14(13)11-16/h2-12,20H,1H3. The minimum Gasteiger partial charge on any atom is -0.377 e. The summed E-state index contributed by atoms with van der Waals surface area (Å²) in [6.45, 7) is 2.12. The third-order valence-electron chi connectivity index (χ3n) is 3.32. The number of aromatic nitrogens is 1. The molecule has 1 N–H and O–H groups in total. The largest absolute Gasteiger partial charge is 0.377 e. The topological polar surface area (TPSA) is 24.9 Å².